The molecule has 152 valence electrons. The first-order valence-electron chi connectivity index (χ1n) is 8.80. The quantitative estimate of drug-likeness (QED) is 0.383. The highest BCUT2D eigenvalue weighted by Crippen LogP contribution is 2.41. The Morgan fingerprint density at radius 3 is 2.37 bits per heavy atom. The van der Waals surface area contributed by atoms with E-state index in [1.54, 1.807) is 21.0 Å². The Morgan fingerprint density at radius 2 is 1.89 bits per heavy atom. The second kappa shape index (κ2) is 8.49. The topological polar surface area (TPSA) is 139 Å². The van der Waals surface area contributed by atoms with Crippen LogP contribution >= 0.6 is 11.8 Å². The molecule has 10 heteroatoms. The van der Waals surface area contributed by atoms with Crippen molar-refractivity contribution >= 4 is 29.6 Å². The third-order valence-corrected chi connectivity index (χ3v) is 6.56. The van der Waals surface area contributed by atoms with E-state index in [1.165, 1.54) is 23.6 Å². The summed E-state index contributed by atoms with van der Waals surface area (Å²) in [6.07, 6.45) is -0.564. The minimum Gasteiger partial charge on any atom is -0.481 e. The Morgan fingerprint density at radius 1 is 1.26 bits per heavy atom. The van der Waals surface area contributed by atoms with Crippen LogP contribution in [-0.4, -0.2) is 82.1 Å². The lowest BCUT2D eigenvalue weighted by Gasteiger charge is -2.27. The summed E-state index contributed by atoms with van der Waals surface area (Å²) in [7, 11) is 3.37. The normalized spacial score (nSPS) is 30.0. The van der Waals surface area contributed by atoms with Gasteiger partial charge in [0.15, 0.2) is 0 Å². The van der Waals surface area contributed by atoms with Gasteiger partial charge in [0.25, 0.3) is 0 Å². The number of aliphatic hydroxyl groups excluding tert-OH is 1. The van der Waals surface area contributed by atoms with E-state index < -0.39 is 30.0 Å². The Labute approximate surface area is 162 Å². The number of carboxylic acid groups (broad SMARTS) is 2. The molecule has 0 radical (unpaired) electrons. The molecular formula is C17H27N3O6S. The molecule has 1 amide bonds. The van der Waals surface area contributed by atoms with E-state index in [0.29, 0.717) is 17.9 Å². The standard InChI is InChI=1S/C17H27N3O6S/c1-7-12(11(8(2)21)16(23)24)19-13(17(25)26)14(7)27-9-5-10(18-6-9)15(22)20(3)4/h7-12,18-19,21H,5-6H2,1-4H3,(H,23,24)(H,25,26)/t7-,8-,9-,10+,11-,12-/m1/s1. The maximum atomic E-state index is 12.1. The number of carboxylic acids is 2. The number of carbonyl (C=O) groups excluding carboxylic acids is 1. The highest BCUT2D eigenvalue weighted by Gasteiger charge is 2.45. The predicted octanol–water partition coefficient (Wildman–Crippen LogP) is -0.476. The first kappa shape index (κ1) is 21.5. The van der Waals surface area contributed by atoms with Gasteiger partial charge >= 0.3 is 11.9 Å². The number of aliphatic hydroxyl groups is 1. The average Bonchev–Trinajstić information content (AvgIpc) is 3.13. The number of aliphatic carboxylic acids is 2. The van der Waals surface area contributed by atoms with Gasteiger partial charge in [0.1, 0.15) is 11.6 Å². The summed E-state index contributed by atoms with van der Waals surface area (Å²) in [5.74, 6) is -3.88. The van der Waals surface area contributed by atoms with Crippen LogP contribution in [0.25, 0.3) is 0 Å². The zero-order valence-electron chi connectivity index (χ0n) is 15.8. The molecule has 0 aliphatic carbocycles. The number of amides is 1. The predicted molar refractivity (Wildman–Crippen MR) is 100 cm³/mol. The molecule has 2 aliphatic heterocycles. The molecule has 1 saturated heterocycles. The Balaban J connectivity index is 2.16. The molecule has 0 bridgehead atoms. The van der Waals surface area contributed by atoms with E-state index >= 15 is 0 Å². The molecule has 0 aromatic heterocycles. The van der Waals surface area contributed by atoms with Crippen molar-refractivity contribution in [3.8, 4) is 0 Å². The van der Waals surface area contributed by atoms with E-state index in [1.807, 2.05) is 0 Å². The molecule has 2 aliphatic rings. The largest absolute Gasteiger partial charge is 0.481 e. The molecule has 27 heavy (non-hydrogen) atoms. The second-order valence-electron chi connectivity index (χ2n) is 7.28. The maximum absolute atomic E-state index is 12.1. The lowest BCUT2D eigenvalue weighted by molar-refractivity contribution is -0.147. The Bertz CT molecular complexity index is 651. The van der Waals surface area contributed by atoms with E-state index in [0.717, 1.165) is 0 Å². The van der Waals surface area contributed by atoms with Crippen LogP contribution in [0, 0.1) is 11.8 Å². The van der Waals surface area contributed by atoms with Gasteiger partial charge in [-0.25, -0.2) is 4.79 Å². The Hall–Kier alpha value is -1.78. The molecule has 0 spiro atoms. The fourth-order valence-corrected chi connectivity index (χ4v) is 5.07. The van der Waals surface area contributed by atoms with Gasteiger partial charge in [-0.3, -0.25) is 9.59 Å². The van der Waals surface area contributed by atoms with Gasteiger partial charge in [0, 0.05) is 42.8 Å². The monoisotopic (exact) mass is 401 g/mol. The van der Waals surface area contributed by atoms with Crippen molar-refractivity contribution in [1.29, 1.82) is 0 Å². The fourth-order valence-electron chi connectivity index (χ4n) is 3.62. The summed E-state index contributed by atoms with van der Waals surface area (Å²) in [5.41, 5.74) is -0.0215. The molecule has 0 aromatic carbocycles. The van der Waals surface area contributed by atoms with Crippen LogP contribution in [0.1, 0.15) is 20.3 Å². The first-order chi connectivity index (χ1) is 12.5. The van der Waals surface area contributed by atoms with Crippen molar-refractivity contribution in [3.63, 3.8) is 0 Å². The summed E-state index contributed by atoms with van der Waals surface area (Å²) in [6, 6.07) is -1.03. The molecular weight excluding hydrogens is 374 g/mol. The van der Waals surface area contributed by atoms with E-state index in [2.05, 4.69) is 10.6 Å². The summed E-state index contributed by atoms with van der Waals surface area (Å²) < 4.78 is 0. The van der Waals surface area contributed by atoms with Crippen molar-refractivity contribution < 1.29 is 29.7 Å². The van der Waals surface area contributed by atoms with Gasteiger partial charge in [-0.05, 0) is 13.3 Å². The summed E-state index contributed by atoms with van der Waals surface area (Å²) in [5, 5.41) is 34.8. The van der Waals surface area contributed by atoms with Gasteiger partial charge in [-0.1, -0.05) is 6.92 Å². The van der Waals surface area contributed by atoms with Gasteiger partial charge in [-0.2, -0.15) is 0 Å². The average molecular weight is 401 g/mol. The third-order valence-electron chi connectivity index (χ3n) is 5.04. The molecule has 0 saturated carbocycles. The number of hydrogen-bond acceptors (Lipinski definition) is 7. The van der Waals surface area contributed by atoms with E-state index in [9.17, 15) is 29.7 Å². The van der Waals surface area contributed by atoms with Crippen LogP contribution in [0.3, 0.4) is 0 Å². The summed E-state index contributed by atoms with van der Waals surface area (Å²) >= 11 is 1.37. The van der Waals surface area contributed by atoms with Crippen LogP contribution in [0.2, 0.25) is 0 Å². The van der Waals surface area contributed by atoms with Crippen LogP contribution in [0.4, 0.5) is 0 Å². The fraction of sp³-hybridized carbons (Fsp3) is 0.706. The zero-order valence-corrected chi connectivity index (χ0v) is 16.6. The number of likely N-dealkylation sites (N-methyl/N-ethyl adjacent to an activating group) is 1. The summed E-state index contributed by atoms with van der Waals surface area (Å²) in [4.78, 5) is 37.4. The molecule has 2 heterocycles. The van der Waals surface area contributed by atoms with Crippen LogP contribution in [-0.2, 0) is 14.4 Å². The van der Waals surface area contributed by atoms with Gasteiger partial charge in [0.05, 0.1) is 12.1 Å². The zero-order chi connectivity index (χ0) is 20.5. The van der Waals surface area contributed by atoms with Crippen molar-refractivity contribution in [2.24, 2.45) is 11.8 Å². The minimum absolute atomic E-state index is 0.000998. The number of rotatable bonds is 7. The molecule has 9 nitrogen and oxygen atoms in total. The number of nitrogens with zero attached hydrogens (tertiary/aromatic N) is 1. The van der Waals surface area contributed by atoms with Gasteiger partial charge in [0.2, 0.25) is 5.91 Å². The number of carbonyl (C=O) groups is 3. The van der Waals surface area contributed by atoms with E-state index in [-0.39, 0.29) is 28.8 Å². The minimum atomic E-state index is -1.18. The number of thioether (sulfide) groups is 1. The number of nitrogens with one attached hydrogen (secondary N) is 2. The SMILES string of the molecule is C[C@@H](O)[C@@H](C(=O)O)[C@@H]1NC(C(=O)O)=C(S[C@H]2CN[C@H](C(=O)N(C)C)C2)[C@@H]1C. The molecule has 2 rings (SSSR count). The highest BCUT2D eigenvalue weighted by atomic mass is 32.2. The molecule has 6 atom stereocenters. The molecule has 1 fully saturated rings. The molecule has 0 aromatic rings. The lowest BCUT2D eigenvalue weighted by Crippen LogP contribution is -2.45. The van der Waals surface area contributed by atoms with Gasteiger partial charge in [-0.15, -0.1) is 11.8 Å². The van der Waals surface area contributed by atoms with Crippen LogP contribution < -0.4 is 10.6 Å². The highest BCUT2D eigenvalue weighted by molar-refractivity contribution is 8.03. The van der Waals surface area contributed by atoms with Crippen molar-refractivity contribution in [3.05, 3.63) is 10.6 Å². The van der Waals surface area contributed by atoms with E-state index in [4.69, 9.17) is 0 Å². The van der Waals surface area contributed by atoms with Crippen molar-refractivity contribution in [1.82, 2.24) is 15.5 Å². The molecule has 0 unspecified atom stereocenters. The second-order valence-corrected chi connectivity index (χ2v) is 8.62. The van der Waals surface area contributed by atoms with Crippen LogP contribution in [0.5, 0.6) is 0 Å². The maximum Gasteiger partial charge on any atom is 0.352 e. The third kappa shape index (κ3) is 4.56. The summed E-state index contributed by atoms with van der Waals surface area (Å²) in [6.45, 7) is 3.71. The Kier molecular flexibility index (Phi) is 6.77. The van der Waals surface area contributed by atoms with Crippen LogP contribution in [0.15, 0.2) is 10.6 Å². The van der Waals surface area contributed by atoms with Gasteiger partial charge < -0.3 is 30.9 Å². The van der Waals surface area contributed by atoms with Crippen molar-refractivity contribution in [2.45, 2.75) is 43.7 Å². The number of hydrogen-bond donors (Lipinski definition) is 5. The first-order valence-corrected chi connectivity index (χ1v) is 9.68. The molecule has 5 N–H and O–H groups in total. The smallest absolute Gasteiger partial charge is 0.352 e. The van der Waals surface area contributed by atoms with Crippen molar-refractivity contribution in [2.75, 3.05) is 20.6 Å². The lowest BCUT2D eigenvalue weighted by atomic mass is 9.87.